The fourth-order valence-electron chi connectivity index (χ4n) is 8.45. The number of nitrogens with one attached hydrogen (secondary N) is 1. The third-order valence-corrected chi connectivity index (χ3v) is 12.9. The zero-order chi connectivity index (χ0) is 47.2. The van der Waals surface area contributed by atoms with Gasteiger partial charge in [-0.15, -0.1) is 0 Å². The minimum Gasteiger partial charge on any atom is -0.466 e. The average molecular weight is 913 g/mol. The first kappa shape index (κ1) is 62.8. The normalized spacial score (nSPS) is 13.0. The van der Waals surface area contributed by atoms with E-state index in [0.717, 1.165) is 70.6 Å². The Morgan fingerprint density at radius 2 is 0.785 bits per heavy atom. The molecule has 0 radical (unpaired) electrons. The molecule has 0 saturated heterocycles. The summed E-state index contributed by atoms with van der Waals surface area (Å²) in [6.45, 7) is 4.88. The fraction of sp³-hybridized carbons (Fsp3) is 0.831. The zero-order valence-electron chi connectivity index (χ0n) is 43.2. The van der Waals surface area contributed by atoms with E-state index in [9.17, 15) is 19.8 Å². The van der Waals surface area contributed by atoms with Crippen LogP contribution in [0.25, 0.3) is 0 Å². The van der Waals surface area contributed by atoms with Gasteiger partial charge < -0.3 is 20.3 Å². The van der Waals surface area contributed by atoms with E-state index in [2.05, 4.69) is 67.8 Å². The molecule has 0 aromatic rings. The maximum atomic E-state index is 12.4. The Kier molecular flexibility index (Phi) is 52.6. The number of carbonyl (C=O) groups is 2. The zero-order valence-corrected chi connectivity index (χ0v) is 43.2. The highest BCUT2D eigenvalue weighted by molar-refractivity contribution is 5.76. The lowest BCUT2D eigenvalue weighted by molar-refractivity contribution is -0.143. The van der Waals surface area contributed by atoms with E-state index in [1.807, 2.05) is 0 Å². The van der Waals surface area contributed by atoms with Gasteiger partial charge in [0.15, 0.2) is 0 Å². The summed E-state index contributed by atoms with van der Waals surface area (Å²) in [6.07, 6.45) is 68.2. The maximum Gasteiger partial charge on any atom is 0.305 e. The highest BCUT2D eigenvalue weighted by atomic mass is 16.5. The minimum atomic E-state index is -0.670. The van der Waals surface area contributed by atoms with Crippen LogP contribution in [0, 0.1) is 0 Å². The summed E-state index contributed by atoms with van der Waals surface area (Å²) in [7, 11) is 0. The number of esters is 1. The molecule has 0 aromatic heterocycles. The Bertz CT molecular complexity index is 1100. The minimum absolute atomic E-state index is 0.00827. The van der Waals surface area contributed by atoms with Gasteiger partial charge >= 0.3 is 5.97 Å². The van der Waals surface area contributed by atoms with Crippen molar-refractivity contribution in [2.24, 2.45) is 0 Å². The Morgan fingerprint density at radius 1 is 0.431 bits per heavy atom. The largest absolute Gasteiger partial charge is 0.466 e. The number of ether oxygens (including phenoxy) is 1. The highest BCUT2D eigenvalue weighted by Crippen LogP contribution is 2.16. The van der Waals surface area contributed by atoms with Crippen molar-refractivity contribution >= 4 is 11.9 Å². The summed E-state index contributed by atoms with van der Waals surface area (Å²) in [6, 6.07) is -0.548. The lowest BCUT2D eigenvalue weighted by Crippen LogP contribution is -2.45. The fourth-order valence-corrected chi connectivity index (χ4v) is 8.45. The SMILES string of the molecule is CCCC/C=C\C/C=C\CCCCCCCC(=O)OCCCCCCCCCCC/C=C\C/C=C\CCCCCCCCCC(=O)NC(CO)C(O)CCCCCCCCCCCCC. The van der Waals surface area contributed by atoms with Gasteiger partial charge in [0.2, 0.25) is 5.91 Å². The van der Waals surface area contributed by atoms with Crippen LogP contribution >= 0.6 is 0 Å². The quantitative estimate of drug-likeness (QED) is 0.0321. The van der Waals surface area contributed by atoms with E-state index < -0.39 is 12.1 Å². The lowest BCUT2D eigenvalue weighted by Gasteiger charge is -2.22. The average Bonchev–Trinajstić information content (AvgIpc) is 3.31. The van der Waals surface area contributed by atoms with Crippen LogP contribution in [0.4, 0.5) is 0 Å². The number of allylic oxidation sites excluding steroid dienone is 8. The predicted octanol–water partition coefficient (Wildman–Crippen LogP) is 17.4. The Hall–Kier alpha value is -2.18. The van der Waals surface area contributed by atoms with Gasteiger partial charge in [0.25, 0.3) is 0 Å². The molecule has 6 heteroatoms. The first-order valence-corrected chi connectivity index (χ1v) is 28.4. The van der Waals surface area contributed by atoms with Crippen molar-refractivity contribution in [3.63, 3.8) is 0 Å². The van der Waals surface area contributed by atoms with Crippen molar-refractivity contribution in [3.8, 4) is 0 Å². The standard InChI is InChI=1S/C59H109NO5/c1-3-5-7-9-11-13-15-16-29-33-37-41-45-49-53-59(64)65-54-50-46-42-38-34-30-27-25-23-21-19-17-18-20-22-24-26-28-32-36-40-44-48-52-58(63)60-56(55-61)57(62)51-47-43-39-35-31-14-12-10-8-6-4-2/h9,11,15-17,19-20,22,56-57,61-62H,3-8,10,12-14,18,21,23-55H2,1-2H3,(H,60,63)/b11-9-,16-15-,19-17-,22-20-. The Balaban J connectivity index is 3.45. The van der Waals surface area contributed by atoms with Crippen molar-refractivity contribution in [2.45, 2.75) is 302 Å². The molecule has 0 aromatic carbocycles. The molecule has 6 nitrogen and oxygen atoms in total. The second-order valence-electron chi connectivity index (χ2n) is 19.3. The molecule has 0 fully saturated rings. The molecule has 0 aliphatic carbocycles. The third-order valence-electron chi connectivity index (χ3n) is 12.9. The summed E-state index contributed by atoms with van der Waals surface area (Å²) in [5.41, 5.74) is 0. The monoisotopic (exact) mass is 912 g/mol. The van der Waals surface area contributed by atoms with Gasteiger partial charge in [0.05, 0.1) is 25.4 Å². The van der Waals surface area contributed by atoms with Crippen LogP contribution in [-0.2, 0) is 14.3 Å². The van der Waals surface area contributed by atoms with Gasteiger partial charge in [-0.3, -0.25) is 9.59 Å². The number of hydrogen-bond acceptors (Lipinski definition) is 5. The molecule has 0 heterocycles. The highest BCUT2D eigenvalue weighted by Gasteiger charge is 2.20. The van der Waals surface area contributed by atoms with Gasteiger partial charge in [-0.2, -0.15) is 0 Å². The molecule has 1 amide bonds. The van der Waals surface area contributed by atoms with E-state index in [0.29, 0.717) is 25.9 Å². The summed E-state index contributed by atoms with van der Waals surface area (Å²) >= 11 is 0. The van der Waals surface area contributed by atoms with Crippen LogP contribution < -0.4 is 5.32 Å². The summed E-state index contributed by atoms with van der Waals surface area (Å²) in [5, 5.41) is 23.2. The van der Waals surface area contributed by atoms with E-state index in [-0.39, 0.29) is 18.5 Å². The van der Waals surface area contributed by atoms with E-state index in [4.69, 9.17) is 4.74 Å². The number of unbranched alkanes of at least 4 members (excludes halogenated alkanes) is 33. The van der Waals surface area contributed by atoms with Crippen LogP contribution in [0.5, 0.6) is 0 Å². The lowest BCUT2D eigenvalue weighted by atomic mass is 10.0. The van der Waals surface area contributed by atoms with Gasteiger partial charge in [0.1, 0.15) is 0 Å². The summed E-state index contributed by atoms with van der Waals surface area (Å²) in [4.78, 5) is 24.4. The van der Waals surface area contributed by atoms with Crippen molar-refractivity contribution in [3.05, 3.63) is 48.6 Å². The van der Waals surface area contributed by atoms with Crippen molar-refractivity contribution in [2.75, 3.05) is 13.2 Å². The summed E-state index contributed by atoms with van der Waals surface area (Å²) in [5.74, 6) is -0.0556. The number of amides is 1. The van der Waals surface area contributed by atoms with Crippen molar-refractivity contribution < 1.29 is 24.5 Å². The van der Waals surface area contributed by atoms with Crippen LogP contribution in [0.15, 0.2) is 48.6 Å². The number of rotatable bonds is 52. The molecule has 0 aliphatic heterocycles. The first-order valence-electron chi connectivity index (χ1n) is 28.4. The molecule has 2 unspecified atom stereocenters. The number of aliphatic hydroxyl groups excluding tert-OH is 2. The number of carbonyl (C=O) groups excluding carboxylic acids is 2. The molecule has 0 spiro atoms. The molecule has 0 rings (SSSR count). The predicted molar refractivity (Wildman–Crippen MR) is 282 cm³/mol. The number of hydrogen-bond donors (Lipinski definition) is 3. The molecule has 3 N–H and O–H groups in total. The second kappa shape index (κ2) is 54.4. The molecule has 0 saturated carbocycles. The molecular formula is C59H109NO5. The molecule has 65 heavy (non-hydrogen) atoms. The Morgan fingerprint density at radius 3 is 1.22 bits per heavy atom. The van der Waals surface area contributed by atoms with Crippen molar-refractivity contribution in [1.82, 2.24) is 5.32 Å². The molecule has 0 aliphatic rings. The van der Waals surface area contributed by atoms with E-state index in [1.165, 1.54) is 186 Å². The second-order valence-corrected chi connectivity index (χ2v) is 19.3. The van der Waals surface area contributed by atoms with Crippen LogP contribution in [0.1, 0.15) is 290 Å². The van der Waals surface area contributed by atoms with Crippen molar-refractivity contribution in [1.29, 1.82) is 0 Å². The Labute approximate surface area is 404 Å². The van der Waals surface area contributed by atoms with Crippen LogP contribution in [-0.4, -0.2) is 47.4 Å². The van der Waals surface area contributed by atoms with Crippen LogP contribution in [0.2, 0.25) is 0 Å². The van der Waals surface area contributed by atoms with E-state index >= 15 is 0 Å². The van der Waals surface area contributed by atoms with Gasteiger partial charge in [-0.1, -0.05) is 242 Å². The van der Waals surface area contributed by atoms with Gasteiger partial charge in [-0.05, 0) is 83.5 Å². The summed E-state index contributed by atoms with van der Waals surface area (Å²) < 4.78 is 5.46. The molecule has 2 atom stereocenters. The molecular weight excluding hydrogens is 803 g/mol. The topological polar surface area (TPSA) is 95.9 Å². The van der Waals surface area contributed by atoms with Crippen LogP contribution in [0.3, 0.4) is 0 Å². The smallest absolute Gasteiger partial charge is 0.305 e. The molecule has 380 valence electrons. The van der Waals surface area contributed by atoms with Gasteiger partial charge in [-0.25, -0.2) is 0 Å². The number of aliphatic hydroxyl groups is 2. The first-order chi connectivity index (χ1) is 32.0. The maximum absolute atomic E-state index is 12.4. The van der Waals surface area contributed by atoms with E-state index in [1.54, 1.807) is 0 Å². The van der Waals surface area contributed by atoms with Gasteiger partial charge in [0, 0.05) is 12.8 Å². The molecule has 0 bridgehead atoms. The third kappa shape index (κ3) is 51.1.